The van der Waals surface area contributed by atoms with E-state index in [-0.39, 0.29) is 11.5 Å². The zero-order valence-electron chi connectivity index (χ0n) is 15.4. The molecule has 2 unspecified atom stereocenters. The van der Waals surface area contributed by atoms with Gasteiger partial charge in [0, 0.05) is 24.2 Å². The Morgan fingerprint density at radius 1 is 1.36 bits per heavy atom. The minimum atomic E-state index is -3.34. The van der Waals surface area contributed by atoms with Crippen LogP contribution in [-0.2, 0) is 9.53 Å². The first-order chi connectivity index (χ1) is 13.2. The number of rotatable bonds is 7. The Hall–Kier alpha value is -2.54. The molecule has 2 amide bonds. The normalized spacial score (nSPS) is 21.1. The number of halogens is 2. The maximum atomic E-state index is 13.0. The van der Waals surface area contributed by atoms with Gasteiger partial charge in [0.1, 0.15) is 6.04 Å². The number of carbonyl (C=O) groups excluding carboxylic acids is 2. The van der Waals surface area contributed by atoms with Crippen LogP contribution in [0.3, 0.4) is 0 Å². The number of ether oxygens (including phenoxy) is 1. The monoisotopic (exact) mass is 396 g/mol. The fourth-order valence-electron chi connectivity index (χ4n) is 2.59. The Balaban J connectivity index is 2.05. The molecule has 9 heteroatoms. The van der Waals surface area contributed by atoms with Crippen LogP contribution in [0.1, 0.15) is 29.3 Å². The maximum absolute atomic E-state index is 13.0. The highest BCUT2D eigenvalue weighted by Crippen LogP contribution is 2.37. The molecule has 1 aromatic carbocycles. The second kappa shape index (κ2) is 9.10. The highest BCUT2D eigenvalue weighted by Gasteiger charge is 2.46. The van der Waals surface area contributed by atoms with E-state index in [9.17, 15) is 23.5 Å². The molecule has 1 aliphatic rings. The van der Waals surface area contributed by atoms with E-state index in [1.54, 1.807) is 19.2 Å². The third-order valence-corrected chi connectivity index (χ3v) is 4.53. The Bertz CT molecular complexity index is 771. The lowest BCUT2D eigenvalue weighted by Gasteiger charge is -2.30. The summed E-state index contributed by atoms with van der Waals surface area (Å²) >= 11 is 0. The number of alkyl halides is 2. The summed E-state index contributed by atoms with van der Waals surface area (Å²) in [5, 5.41) is 20.5. The first kappa shape index (κ1) is 21.8. The molecule has 1 aliphatic carbocycles. The number of amides is 2. The maximum Gasteiger partial charge on any atom is 0.269 e. The molecule has 152 valence electrons. The number of benzene rings is 1. The van der Waals surface area contributed by atoms with E-state index in [4.69, 9.17) is 9.94 Å². The molecule has 0 aromatic heterocycles. The van der Waals surface area contributed by atoms with Crippen LogP contribution in [-0.4, -0.2) is 53.9 Å². The predicted molar refractivity (Wildman–Crippen MR) is 94.6 cm³/mol. The van der Waals surface area contributed by atoms with Crippen LogP contribution < -0.4 is 10.8 Å². The predicted octanol–water partition coefficient (Wildman–Crippen LogP) is 0.940. The van der Waals surface area contributed by atoms with Crippen molar-refractivity contribution in [2.45, 2.75) is 31.4 Å². The van der Waals surface area contributed by atoms with Gasteiger partial charge in [-0.05, 0) is 43.5 Å². The van der Waals surface area contributed by atoms with Crippen LogP contribution in [0.25, 0.3) is 0 Å². The molecule has 1 aromatic rings. The van der Waals surface area contributed by atoms with E-state index < -0.39 is 29.9 Å². The molecule has 0 bridgehead atoms. The molecule has 28 heavy (non-hydrogen) atoms. The molecule has 1 saturated carbocycles. The van der Waals surface area contributed by atoms with Crippen LogP contribution >= 0.6 is 0 Å². The van der Waals surface area contributed by atoms with Gasteiger partial charge in [0.05, 0.1) is 6.61 Å². The number of nitrogens with one attached hydrogen (secondary N) is 2. The fourth-order valence-corrected chi connectivity index (χ4v) is 2.59. The highest BCUT2D eigenvalue weighted by molar-refractivity contribution is 5.97. The first-order valence-electron chi connectivity index (χ1n) is 8.56. The zero-order valence-corrected chi connectivity index (χ0v) is 15.4. The number of hydrogen-bond acceptors (Lipinski definition) is 5. The summed E-state index contributed by atoms with van der Waals surface area (Å²) in [6, 6.07) is 3.95. The Morgan fingerprint density at radius 2 is 2.00 bits per heavy atom. The minimum Gasteiger partial charge on any atom is -0.384 e. The van der Waals surface area contributed by atoms with E-state index in [1.165, 1.54) is 12.1 Å². The van der Waals surface area contributed by atoms with Crippen molar-refractivity contribution >= 4 is 11.8 Å². The van der Waals surface area contributed by atoms with E-state index in [1.807, 2.05) is 5.32 Å². The Morgan fingerprint density at radius 3 is 2.54 bits per heavy atom. The molecule has 0 heterocycles. The summed E-state index contributed by atoms with van der Waals surface area (Å²) in [5.41, 5.74) is -0.966. The fraction of sp³-hybridized carbons (Fsp3) is 0.474. The largest absolute Gasteiger partial charge is 0.384 e. The molecule has 0 radical (unpaired) electrons. The third-order valence-electron chi connectivity index (χ3n) is 4.53. The van der Waals surface area contributed by atoms with Gasteiger partial charge in [-0.3, -0.25) is 14.8 Å². The van der Waals surface area contributed by atoms with Gasteiger partial charge < -0.3 is 15.2 Å². The van der Waals surface area contributed by atoms with Gasteiger partial charge in [-0.2, -0.15) is 0 Å². The number of hydrogen-bond donors (Lipinski definition) is 4. The molecule has 2 rings (SSSR count). The lowest BCUT2D eigenvalue weighted by molar-refractivity contribution is -0.149. The van der Waals surface area contributed by atoms with Gasteiger partial charge in [-0.1, -0.05) is 11.8 Å². The summed E-state index contributed by atoms with van der Waals surface area (Å²) in [4.78, 5) is 23.9. The van der Waals surface area contributed by atoms with Crippen LogP contribution in [0, 0.1) is 23.7 Å². The second-order valence-electron chi connectivity index (χ2n) is 6.81. The van der Waals surface area contributed by atoms with Crippen molar-refractivity contribution in [2.75, 3.05) is 13.7 Å². The molecule has 0 saturated heterocycles. The van der Waals surface area contributed by atoms with E-state index in [0.29, 0.717) is 25.0 Å². The molecule has 4 atom stereocenters. The first-order valence-corrected chi connectivity index (χ1v) is 8.56. The van der Waals surface area contributed by atoms with E-state index in [2.05, 4.69) is 11.8 Å². The van der Waals surface area contributed by atoms with Gasteiger partial charge in [0.15, 0.2) is 5.60 Å². The average Bonchev–Trinajstić information content (AvgIpc) is 3.42. The molecule has 1 fully saturated rings. The summed E-state index contributed by atoms with van der Waals surface area (Å²) < 4.78 is 31.1. The molecule has 7 nitrogen and oxygen atoms in total. The van der Waals surface area contributed by atoms with Crippen molar-refractivity contribution in [2.24, 2.45) is 11.8 Å². The molecule has 0 aliphatic heterocycles. The molecule has 4 N–H and O–H groups in total. The smallest absolute Gasteiger partial charge is 0.269 e. The molecule has 0 spiro atoms. The van der Waals surface area contributed by atoms with Gasteiger partial charge in [0.2, 0.25) is 0 Å². The van der Waals surface area contributed by atoms with Gasteiger partial charge in [-0.25, -0.2) is 14.3 Å². The second-order valence-corrected chi connectivity index (χ2v) is 6.81. The summed E-state index contributed by atoms with van der Waals surface area (Å²) in [6.07, 6.45) is -2.35. The van der Waals surface area contributed by atoms with Crippen LogP contribution in [0.5, 0.6) is 0 Å². The van der Waals surface area contributed by atoms with Crippen molar-refractivity contribution < 1.29 is 33.4 Å². The van der Waals surface area contributed by atoms with Gasteiger partial charge in [0.25, 0.3) is 18.2 Å². The standard InChI is InChI=1S/C19H22F2N2O5/c1-19(26,18(20)21)15(17(25)23-27)22-16(24)12-6-3-11(4-7-12)5-8-13-9-14(13)10-28-2/h3-4,6-7,13-15,18,26-27H,9-10H2,1-2H3,(H,22,24)(H,23,25)/t13?,14?,15-,19+/m1/s1. The van der Waals surface area contributed by atoms with Crippen LogP contribution in [0.15, 0.2) is 24.3 Å². The zero-order chi connectivity index (χ0) is 20.9. The third kappa shape index (κ3) is 5.25. The minimum absolute atomic E-state index is 0.0787. The van der Waals surface area contributed by atoms with Crippen molar-refractivity contribution in [1.82, 2.24) is 10.8 Å². The summed E-state index contributed by atoms with van der Waals surface area (Å²) in [7, 11) is 1.64. The van der Waals surface area contributed by atoms with Crippen molar-refractivity contribution in [3.05, 3.63) is 35.4 Å². The lowest BCUT2D eigenvalue weighted by Crippen LogP contribution is -2.61. The SMILES string of the molecule is COCC1CC1C#Cc1ccc(C(=O)N[C@H](C(=O)NO)[C@](C)(O)C(F)F)cc1. The summed E-state index contributed by atoms with van der Waals surface area (Å²) in [5.74, 6) is 4.62. The molecular weight excluding hydrogens is 374 g/mol. The number of hydroxylamine groups is 1. The Kier molecular flexibility index (Phi) is 7.07. The summed E-state index contributed by atoms with van der Waals surface area (Å²) in [6.45, 7) is 1.36. The van der Waals surface area contributed by atoms with Gasteiger partial charge in [-0.15, -0.1) is 0 Å². The van der Waals surface area contributed by atoms with E-state index in [0.717, 1.165) is 11.9 Å². The topological polar surface area (TPSA) is 108 Å². The van der Waals surface area contributed by atoms with Crippen molar-refractivity contribution in [3.8, 4) is 11.8 Å². The van der Waals surface area contributed by atoms with Crippen LogP contribution in [0.2, 0.25) is 0 Å². The van der Waals surface area contributed by atoms with E-state index >= 15 is 0 Å². The Labute approximate surface area is 161 Å². The van der Waals surface area contributed by atoms with Crippen molar-refractivity contribution in [1.29, 1.82) is 0 Å². The quantitative estimate of drug-likeness (QED) is 0.312. The van der Waals surface area contributed by atoms with Crippen LogP contribution in [0.4, 0.5) is 8.78 Å². The van der Waals surface area contributed by atoms with Crippen molar-refractivity contribution in [3.63, 3.8) is 0 Å². The number of methoxy groups -OCH3 is 1. The average molecular weight is 396 g/mol. The van der Waals surface area contributed by atoms with Gasteiger partial charge >= 0.3 is 0 Å². The molecular formula is C19H22F2N2O5. The number of carbonyl (C=O) groups is 2. The highest BCUT2D eigenvalue weighted by atomic mass is 19.3. The number of aliphatic hydroxyl groups is 1. The lowest BCUT2D eigenvalue weighted by atomic mass is 9.95.